The monoisotopic (exact) mass is 531 g/mol. The second-order valence-electron chi connectivity index (χ2n) is 6.39. The summed E-state index contributed by atoms with van der Waals surface area (Å²) in [7, 11) is 3.38. The molecule has 1 aliphatic heterocycles. The Morgan fingerprint density at radius 1 is 1.10 bits per heavy atom. The largest absolute Gasteiger partial charge is 0.497 e. The molecule has 0 spiro atoms. The quantitative estimate of drug-likeness (QED) is 0.335. The Bertz CT molecular complexity index is 833. The van der Waals surface area contributed by atoms with Crippen LogP contribution in [0.25, 0.3) is 0 Å². The van der Waals surface area contributed by atoms with E-state index in [-0.39, 0.29) is 24.0 Å². The third-order valence-electron chi connectivity index (χ3n) is 4.44. The molecular formula is C21H27ClIN3O3. The summed E-state index contributed by atoms with van der Waals surface area (Å²) in [4.78, 5) is 4.27. The molecule has 2 aromatic rings. The highest BCUT2D eigenvalue weighted by Gasteiger charge is 2.11. The van der Waals surface area contributed by atoms with Gasteiger partial charge in [-0.25, -0.2) is 0 Å². The van der Waals surface area contributed by atoms with E-state index < -0.39 is 0 Å². The predicted molar refractivity (Wildman–Crippen MR) is 127 cm³/mol. The van der Waals surface area contributed by atoms with Gasteiger partial charge in [0.25, 0.3) is 0 Å². The predicted octanol–water partition coefficient (Wildman–Crippen LogP) is 4.04. The number of guanidine groups is 1. The van der Waals surface area contributed by atoms with E-state index in [1.165, 1.54) is 0 Å². The van der Waals surface area contributed by atoms with Gasteiger partial charge in [0, 0.05) is 31.6 Å². The van der Waals surface area contributed by atoms with Crippen LogP contribution < -0.4 is 24.8 Å². The first-order chi connectivity index (χ1) is 13.7. The smallest absolute Gasteiger partial charge is 0.191 e. The Balaban J connectivity index is 0.00000300. The number of fused-ring (bicyclic) bond motifs is 1. The van der Waals surface area contributed by atoms with Crippen molar-refractivity contribution in [2.45, 2.75) is 19.4 Å². The second kappa shape index (κ2) is 12.0. The fourth-order valence-electron chi connectivity index (χ4n) is 2.90. The molecule has 0 aliphatic carbocycles. The summed E-state index contributed by atoms with van der Waals surface area (Å²) in [5.41, 5.74) is 2.17. The third-order valence-corrected chi connectivity index (χ3v) is 4.79. The van der Waals surface area contributed by atoms with Crippen LogP contribution in [0.4, 0.5) is 0 Å². The molecule has 0 aromatic heterocycles. The van der Waals surface area contributed by atoms with Crippen LogP contribution in [0.5, 0.6) is 17.2 Å². The number of benzene rings is 2. The second-order valence-corrected chi connectivity index (χ2v) is 6.80. The first kappa shape index (κ1) is 23.4. The van der Waals surface area contributed by atoms with Crippen molar-refractivity contribution in [1.82, 2.24) is 10.6 Å². The molecule has 8 heteroatoms. The van der Waals surface area contributed by atoms with E-state index in [1.54, 1.807) is 14.2 Å². The molecule has 0 atom stereocenters. The van der Waals surface area contributed by atoms with Crippen LogP contribution in [0.15, 0.2) is 41.4 Å². The van der Waals surface area contributed by atoms with E-state index in [1.807, 2.05) is 36.4 Å². The summed E-state index contributed by atoms with van der Waals surface area (Å²) in [6, 6.07) is 11.7. The SMILES string of the molecule is CN=C(NCCc1ccc(OC)cc1Cl)NCc1ccc2c(c1)OCCCO2.I. The zero-order chi connectivity index (χ0) is 19.8. The van der Waals surface area contributed by atoms with Crippen molar-refractivity contribution >= 4 is 41.5 Å². The topological polar surface area (TPSA) is 64.1 Å². The third kappa shape index (κ3) is 6.85. The number of nitrogens with zero attached hydrogens (tertiary/aromatic N) is 1. The van der Waals surface area contributed by atoms with Gasteiger partial charge in [-0.05, 0) is 41.8 Å². The minimum absolute atomic E-state index is 0. The van der Waals surface area contributed by atoms with Crippen LogP contribution in [-0.4, -0.2) is 39.9 Å². The first-order valence-electron chi connectivity index (χ1n) is 9.35. The summed E-state index contributed by atoms with van der Waals surface area (Å²) in [6.45, 7) is 2.73. The highest BCUT2D eigenvalue weighted by Crippen LogP contribution is 2.30. The van der Waals surface area contributed by atoms with Gasteiger partial charge in [-0.1, -0.05) is 23.7 Å². The van der Waals surface area contributed by atoms with E-state index in [0.717, 1.165) is 47.2 Å². The van der Waals surface area contributed by atoms with Crippen molar-refractivity contribution in [3.05, 3.63) is 52.5 Å². The number of halogens is 2. The van der Waals surface area contributed by atoms with Crippen LogP contribution >= 0.6 is 35.6 Å². The molecule has 0 bridgehead atoms. The van der Waals surface area contributed by atoms with Gasteiger partial charge in [-0.15, -0.1) is 24.0 Å². The fraction of sp³-hybridized carbons (Fsp3) is 0.381. The van der Waals surface area contributed by atoms with Crippen molar-refractivity contribution in [3.8, 4) is 17.2 Å². The molecule has 0 radical (unpaired) electrons. The Morgan fingerprint density at radius 3 is 2.62 bits per heavy atom. The van der Waals surface area contributed by atoms with E-state index in [2.05, 4.69) is 15.6 Å². The maximum absolute atomic E-state index is 6.29. The lowest BCUT2D eigenvalue weighted by Gasteiger charge is -2.14. The maximum Gasteiger partial charge on any atom is 0.191 e. The lowest BCUT2D eigenvalue weighted by atomic mass is 10.1. The maximum atomic E-state index is 6.29. The van der Waals surface area contributed by atoms with Crippen LogP contribution in [-0.2, 0) is 13.0 Å². The summed E-state index contributed by atoms with van der Waals surface area (Å²) >= 11 is 6.29. The van der Waals surface area contributed by atoms with Gasteiger partial charge < -0.3 is 24.8 Å². The molecule has 0 unspecified atom stereocenters. The summed E-state index contributed by atoms with van der Waals surface area (Å²) in [5, 5.41) is 7.33. The van der Waals surface area contributed by atoms with Crippen LogP contribution in [0.3, 0.4) is 0 Å². The molecule has 158 valence electrons. The molecule has 6 nitrogen and oxygen atoms in total. The minimum Gasteiger partial charge on any atom is -0.497 e. The average molecular weight is 532 g/mol. The minimum atomic E-state index is 0. The molecule has 1 heterocycles. The molecule has 0 fully saturated rings. The molecule has 29 heavy (non-hydrogen) atoms. The van der Waals surface area contributed by atoms with Gasteiger partial charge in [0.15, 0.2) is 17.5 Å². The Kier molecular flexibility index (Phi) is 9.66. The summed E-state index contributed by atoms with van der Waals surface area (Å²) < 4.78 is 16.6. The number of rotatable bonds is 6. The number of nitrogens with one attached hydrogen (secondary N) is 2. The van der Waals surface area contributed by atoms with Gasteiger partial charge in [0.05, 0.1) is 20.3 Å². The van der Waals surface area contributed by atoms with Gasteiger partial charge in [0.2, 0.25) is 0 Å². The van der Waals surface area contributed by atoms with Gasteiger partial charge >= 0.3 is 0 Å². The summed E-state index contributed by atoms with van der Waals surface area (Å²) in [5.74, 6) is 3.10. The van der Waals surface area contributed by atoms with Crippen molar-refractivity contribution in [3.63, 3.8) is 0 Å². The molecule has 0 saturated carbocycles. The molecule has 3 rings (SSSR count). The van der Waals surface area contributed by atoms with Crippen molar-refractivity contribution in [2.24, 2.45) is 4.99 Å². The highest BCUT2D eigenvalue weighted by molar-refractivity contribution is 14.0. The molecule has 0 saturated heterocycles. The summed E-state index contributed by atoms with van der Waals surface area (Å²) in [6.07, 6.45) is 1.69. The Labute approximate surface area is 194 Å². The van der Waals surface area contributed by atoms with Gasteiger partial charge in [-0.2, -0.15) is 0 Å². The van der Waals surface area contributed by atoms with Crippen molar-refractivity contribution in [2.75, 3.05) is 33.9 Å². The normalized spacial score (nSPS) is 13.1. The molecule has 2 N–H and O–H groups in total. The lowest BCUT2D eigenvalue weighted by Crippen LogP contribution is -2.37. The van der Waals surface area contributed by atoms with Crippen LogP contribution in [0, 0.1) is 0 Å². The van der Waals surface area contributed by atoms with Crippen LogP contribution in [0.1, 0.15) is 17.5 Å². The van der Waals surface area contributed by atoms with Gasteiger partial charge in [0.1, 0.15) is 5.75 Å². The Hall–Kier alpha value is -1.87. The molecular weight excluding hydrogens is 505 g/mol. The van der Waals surface area contributed by atoms with Gasteiger partial charge in [-0.3, -0.25) is 4.99 Å². The first-order valence-corrected chi connectivity index (χ1v) is 9.73. The highest BCUT2D eigenvalue weighted by atomic mass is 127. The van der Waals surface area contributed by atoms with E-state index in [4.69, 9.17) is 25.8 Å². The number of hydrogen-bond donors (Lipinski definition) is 2. The fourth-order valence-corrected chi connectivity index (χ4v) is 3.16. The number of ether oxygens (including phenoxy) is 3. The molecule has 2 aromatic carbocycles. The average Bonchev–Trinajstić information content (AvgIpc) is 2.96. The number of aliphatic imine (C=N–C) groups is 1. The van der Waals surface area contributed by atoms with E-state index in [9.17, 15) is 0 Å². The number of methoxy groups -OCH3 is 1. The number of hydrogen-bond acceptors (Lipinski definition) is 4. The molecule has 1 aliphatic rings. The lowest BCUT2D eigenvalue weighted by molar-refractivity contribution is 0.297. The zero-order valence-electron chi connectivity index (χ0n) is 16.7. The van der Waals surface area contributed by atoms with Crippen LogP contribution in [0.2, 0.25) is 5.02 Å². The van der Waals surface area contributed by atoms with E-state index in [0.29, 0.717) is 31.3 Å². The van der Waals surface area contributed by atoms with Crippen molar-refractivity contribution in [1.29, 1.82) is 0 Å². The molecule has 0 amide bonds. The Morgan fingerprint density at radius 2 is 1.90 bits per heavy atom. The van der Waals surface area contributed by atoms with E-state index >= 15 is 0 Å². The zero-order valence-corrected chi connectivity index (χ0v) is 19.8. The van der Waals surface area contributed by atoms with Crippen molar-refractivity contribution < 1.29 is 14.2 Å². The standard InChI is InChI=1S/C21H26ClN3O3.HI/c1-23-21(24-9-8-16-5-6-17(26-2)13-18(16)22)25-14-15-4-7-19-20(12-15)28-11-3-10-27-19;/h4-7,12-13H,3,8-11,14H2,1-2H3,(H2,23,24,25);1H.